The maximum Gasteiger partial charge on any atom is 0.0805 e. The highest BCUT2D eigenvalue weighted by molar-refractivity contribution is 5.37. The Morgan fingerprint density at radius 2 is 1.71 bits per heavy atom. The average Bonchev–Trinajstić information content (AvgIpc) is 3.09. The van der Waals surface area contributed by atoms with Crippen molar-refractivity contribution in [3.8, 4) is 0 Å². The van der Waals surface area contributed by atoms with E-state index in [0.29, 0.717) is 29.7 Å². The lowest BCUT2D eigenvalue weighted by molar-refractivity contribution is -0.173. The Labute approximate surface area is 188 Å². The van der Waals surface area contributed by atoms with Crippen molar-refractivity contribution in [3.05, 3.63) is 11.1 Å². The number of hydrogen-bond acceptors (Lipinski definition) is 4. The van der Waals surface area contributed by atoms with Gasteiger partial charge in [0.15, 0.2) is 0 Å². The predicted octanol–water partition coefficient (Wildman–Crippen LogP) is 3.74. The molecule has 4 nitrogen and oxygen atoms in total. The van der Waals surface area contributed by atoms with Crippen LogP contribution in [0.4, 0.5) is 0 Å². The second kappa shape index (κ2) is 7.04. The van der Waals surface area contributed by atoms with Crippen LogP contribution in [-0.2, 0) is 0 Å². The van der Waals surface area contributed by atoms with Crippen LogP contribution in [0.2, 0.25) is 0 Å². The molecule has 2 saturated carbocycles. The van der Waals surface area contributed by atoms with Crippen molar-refractivity contribution in [2.75, 3.05) is 13.1 Å². The summed E-state index contributed by atoms with van der Waals surface area (Å²) in [5.74, 6) is 3.21. The van der Waals surface area contributed by atoms with Gasteiger partial charge in [0.2, 0.25) is 0 Å². The largest absolute Gasteiger partial charge is 0.393 e. The summed E-state index contributed by atoms with van der Waals surface area (Å²) < 4.78 is 0. The molecule has 174 valence electrons. The van der Waals surface area contributed by atoms with Crippen LogP contribution in [0.15, 0.2) is 11.1 Å². The molecule has 4 fully saturated rings. The Morgan fingerprint density at radius 3 is 2.52 bits per heavy atom. The first-order valence-corrected chi connectivity index (χ1v) is 13.2. The van der Waals surface area contributed by atoms with Crippen molar-refractivity contribution in [3.63, 3.8) is 0 Å². The topological polar surface area (TPSA) is 63.9 Å². The number of hydrogen-bond donors (Lipinski definition) is 3. The average molecular weight is 430 g/mol. The molecule has 0 radical (unpaired) electrons. The maximum absolute atomic E-state index is 11.8. The third-order valence-electron chi connectivity index (χ3n) is 11.4. The predicted molar refractivity (Wildman–Crippen MR) is 121 cm³/mol. The van der Waals surface area contributed by atoms with Crippen LogP contribution in [-0.4, -0.2) is 57.2 Å². The van der Waals surface area contributed by atoms with Gasteiger partial charge < -0.3 is 15.3 Å². The number of piperidine rings is 2. The van der Waals surface area contributed by atoms with E-state index in [4.69, 9.17) is 0 Å². The van der Waals surface area contributed by atoms with E-state index >= 15 is 0 Å². The molecular weight excluding hydrogens is 386 g/mol. The van der Waals surface area contributed by atoms with Gasteiger partial charge in [-0.2, -0.15) is 0 Å². The molecule has 0 spiro atoms. The van der Waals surface area contributed by atoms with Crippen molar-refractivity contribution in [2.24, 2.45) is 40.9 Å². The summed E-state index contributed by atoms with van der Waals surface area (Å²) in [6.07, 6.45) is 8.87. The minimum atomic E-state index is -0.571. The van der Waals surface area contributed by atoms with Crippen LogP contribution in [0.3, 0.4) is 0 Å². The molecular formula is C27H43NO3. The van der Waals surface area contributed by atoms with Crippen molar-refractivity contribution >= 4 is 0 Å². The highest BCUT2D eigenvalue weighted by Crippen LogP contribution is 2.64. The number of aliphatic hydroxyl groups is 3. The Kier molecular flexibility index (Phi) is 4.80. The molecule has 0 bridgehead atoms. The fourth-order valence-electron chi connectivity index (χ4n) is 9.84. The number of fused-ring (bicyclic) bond motifs is 7. The first-order chi connectivity index (χ1) is 14.7. The quantitative estimate of drug-likeness (QED) is 0.513. The number of rotatable bonds is 0. The summed E-state index contributed by atoms with van der Waals surface area (Å²) in [5, 5.41) is 33.3. The summed E-state index contributed by atoms with van der Waals surface area (Å²) in [6.45, 7) is 9.24. The summed E-state index contributed by atoms with van der Waals surface area (Å²) in [6, 6.07) is 0.342. The minimum Gasteiger partial charge on any atom is -0.393 e. The third-order valence-corrected chi connectivity index (χ3v) is 11.4. The summed E-state index contributed by atoms with van der Waals surface area (Å²) in [5.41, 5.74) is 2.76. The Morgan fingerprint density at radius 1 is 0.903 bits per heavy atom. The number of aliphatic hydroxyl groups excluding tert-OH is 2. The molecule has 6 aliphatic rings. The fourth-order valence-corrected chi connectivity index (χ4v) is 9.84. The molecule has 0 aromatic carbocycles. The number of allylic oxidation sites excluding steroid dienone is 1. The summed E-state index contributed by atoms with van der Waals surface area (Å²) in [4.78, 5) is 2.66. The lowest BCUT2D eigenvalue weighted by atomic mass is 9.56. The molecule has 2 aliphatic heterocycles. The number of nitrogens with zero attached hydrogens (tertiary/aromatic N) is 1. The lowest BCUT2D eigenvalue weighted by Gasteiger charge is -2.59. The van der Waals surface area contributed by atoms with Gasteiger partial charge in [-0.1, -0.05) is 25.0 Å². The Bertz CT molecular complexity index is 776. The van der Waals surface area contributed by atoms with E-state index in [1.54, 1.807) is 11.1 Å². The molecule has 11 atom stereocenters. The molecule has 3 N–H and O–H groups in total. The molecule has 6 rings (SSSR count). The van der Waals surface area contributed by atoms with Gasteiger partial charge in [-0.25, -0.2) is 0 Å². The zero-order valence-electron chi connectivity index (χ0n) is 19.8. The van der Waals surface area contributed by atoms with Crippen molar-refractivity contribution < 1.29 is 15.3 Å². The van der Waals surface area contributed by atoms with Gasteiger partial charge in [0.25, 0.3) is 0 Å². The second-order valence-electron chi connectivity index (χ2n) is 12.9. The molecule has 4 aliphatic carbocycles. The Hall–Kier alpha value is -0.420. The van der Waals surface area contributed by atoms with E-state index in [2.05, 4.69) is 25.7 Å². The van der Waals surface area contributed by atoms with Gasteiger partial charge in [-0.3, -0.25) is 4.90 Å². The van der Waals surface area contributed by atoms with Crippen LogP contribution < -0.4 is 0 Å². The minimum absolute atomic E-state index is 0.0679. The van der Waals surface area contributed by atoms with Crippen LogP contribution in [0.1, 0.15) is 78.6 Å². The molecule has 4 heteroatoms. The van der Waals surface area contributed by atoms with Crippen LogP contribution in [0.25, 0.3) is 0 Å². The van der Waals surface area contributed by atoms with Crippen molar-refractivity contribution in [1.29, 1.82) is 0 Å². The van der Waals surface area contributed by atoms with Crippen LogP contribution in [0, 0.1) is 40.9 Å². The lowest BCUT2D eigenvalue weighted by Crippen LogP contribution is -2.67. The molecule has 0 amide bonds. The van der Waals surface area contributed by atoms with E-state index < -0.39 is 5.60 Å². The van der Waals surface area contributed by atoms with Gasteiger partial charge in [0, 0.05) is 19.1 Å². The molecule has 0 aromatic heterocycles. The smallest absolute Gasteiger partial charge is 0.0805 e. The van der Waals surface area contributed by atoms with Gasteiger partial charge in [0.1, 0.15) is 0 Å². The second-order valence-corrected chi connectivity index (χ2v) is 12.9. The fraction of sp³-hybridized carbons (Fsp3) is 0.926. The van der Waals surface area contributed by atoms with Crippen LogP contribution >= 0.6 is 0 Å². The van der Waals surface area contributed by atoms with Crippen molar-refractivity contribution in [2.45, 2.75) is 102 Å². The van der Waals surface area contributed by atoms with E-state index in [1.165, 1.54) is 25.8 Å². The molecule has 31 heavy (non-hydrogen) atoms. The molecule has 2 saturated heterocycles. The van der Waals surface area contributed by atoms with Gasteiger partial charge >= 0.3 is 0 Å². The normalized spacial score (nSPS) is 56.9. The monoisotopic (exact) mass is 429 g/mol. The summed E-state index contributed by atoms with van der Waals surface area (Å²) in [7, 11) is 0. The highest BCUT2D eigenvalue weighted by Gasteiger charge is 2.60. The first kappa shape index (κ1) is 21.1. The van der Waals surface area contributed by atoms with Crippen molar-refractivity contribution in [1.82, 2.24) is 4.90 Å². The van der Waals surface area contributed by atoms with Crippen LogP contribution in [0.5, 0.6) is 0 Å². The van der Waals surface area contributed by atoms with E-state index in [0.717, 1.165) is 51.0 Å². The zero-order chi connectivity index (χ0) is 21.7. The molecule has 0 aromatic rings. The molecule has 2 heterocycles. The maximum atomic E-state index is 11.8. The third kappa shape index (κ3) is 2.93. The zero-order valence-corrected chi connectivity index (χ0v) is 19.8. The van der Waals surface area contributed by atoms with E-state index in [-0.39, 0.29) is 23.5 Å². The highest BCUT2D eigenvalue weighted by atomic mass is 16.3. The summed E-state index contributed by atoms with van der Waals surface area (Å²) >= 11 is 0. The molecule has 0 unspecified atom stereocenters. The van der Waals surface area contributed by atoms with Gasteiger partial charge in [-0.15, -0.1) is 0 Å². The SMILES string of the molecule is C[C@@H]1CC[C@@H]2N(C1)C[C@H]1[C@@H]3CC4=C(C[C@@H](O)[C@H]5C[C@H](O)CC[C@]45C)[C@@H]3CC[C@@H]1[C@]2(C)O. The standard InChI is InChI=1S/C27H43NO3/c1-15-4-7-25-27(3,31)21-6-5-17-18(20(21)14-28(25)13-15)11-22-19(17)12-24(30)23-10-16(29)8-9-26(22,23)2/h15-18,20-21,23-25,29-31H,4-14H2,1-3H3/t15-,16-,17-,18-,20+,21+,23-,24-,25+,26-,27+/m1/s1. The van der Waals surface area contributed by atoms with E-state index in [1.807, 2.05) is 0 Å². The van der Waals surface area contributed by atoms with Gasteiger partial charge in [-0.05, 0) is 106 Å². The van der Waals surface area contributed by atoms with Gasteiger partial charge in [0.05, 0.1) is 17.8 Å². The Balaban J connectivity index is 1.32. The van der Waals surface area contributed by atoms with E-state index in [9.17, 15) is 15.3 Å². The first-order valence-electron chi connectivity index (χ1n) is 13.2.